The Morgan fingerprint density at radius 1 is 1.54 bits per heavy atom. The summed E-state index contributed by atoms with van der Waals surface area (Å²) in [6.45, 7) is 4.06. The van der Waals surface area contributed by atoms with Crippen molar-refractivity contribution < 1.29 is 4.79 Å². The van der Waals surface area contributed by atoms with Gasteiger partial charge in [-0.05, 0) is 46.2 Å². The molecule has 2 heteroatoms. The minimum absolute atomic E-state index is 0.0119. The number of hydrogen-bond acceptors (Lipinski definition) is 1. The molecule has 70 valence electrons. The van der Waals surface area contributed by atoms with Crippen LogP contribution in [0.5, 0.6) is 0 Å². The lowest BCUT2D eigenvalue weighted by Crippen LogP contribution is -1.98. The maximum absolute atomic E-state index is 10.6. The summed E-state index contributed by atoms with van der Waals surface area (Å²) in [6.07, 6.45) is 2.04. The number of halogens is 1. The van der Waals surface area contributed by atoms with Crippen LogP contribution in [0, 0.1) is 3.57 Å². The van der Waals surface area contributed by atoms with Gasteiger partial charge in [-0.15, -0.1) is 0 Å². The summed E-state index contributed by atoms with van der Waals surface area (Å²) >= 11 is 2.29. The SMILES string of the molecule is CCc1ccc(C(C)C=O)c(I)c1. The molecule has 13 heavy (non-hydrogen) atoms. The van der Waals surface area contributed by atoms with Gasteiger partial charge < -0.3 is 4.79 Å². The summed E-state index contributed by atoms with van der Waals surface area (Å²) < 4.78 is 1.19. The van der Waals surface area contributed by atoms with Gasteiger partial charge in [0.1, 0.15) is 6.29 Å². The highest BCUT2D eigenvalue weighted by molar-refractivity contribution is 14.1. The first-order valence-corrected chi connectivity index (χ1v) is 5.50. The van der Waals surface area contributed by atoms with Crippen LogP contribution in [-0.2, 0) is 11.2 Å². The lowest BCUT2D eigenvalue weighted by Gasteiger charge is -2.08. The number of carbonyl (C=O) groups excluding carboxylic acids is 1. The normalized spacial score (nSPS) is 12.5. The predicted molar refractivity (Wildman–Crippen MR) is 63.0 cm³/mol. The molecule has 1 aromatic rings. The molecule has 1 aromatic carbocycles. The third kappa shape index (κ3) is 2.53. The van der Waals surface area contributed by atoms with Crippen LogP contribution in [0.3, 0.4) is 0 Å². The fraction of sp³-hybridized carbons (Fsp3) is 0.364. The first-order chi connectivity index (χ1) is 6.19. The lowest BCUT2D eigenvalue weighted by molar-refractivity contribution is -0.108. The van der Waals surface area contributed by atoms with Crippen LogP contribution >= 0.6 is 22.6 Å². The van der Waals surface area contributed by atoms with Gasteiger partial charge in [0.15, 0.2) is 0 Å². The van der Waals surface area contributed by atoms with Gasteiger partial charge in [0.05, 0.1) is 0 Å². The van der Waals surface area contributed by atoms with Crippen molar-refractivity contribution in [3.8, 4) is 0 Å². The van der Waals surface area contributed by atoms with Crippen LogP contribution in [0.15, 0.2) is 18.2 Å². The van der Waals surface area contributed by atoms with E-state index in [1.54, 1.807) is 0 Å². The molecule has 0 aromatic heterocycles. The number of carbonyl (C=O) groups is 1. The molecular weight excluding hydrogens is 275 g/mol. The summed E-state index contributed by atoms with van der Waals surface area (Å²) in [6, 6.07) is 6.30. The van der Waals surface area contributed by atoms with E-state index in [2.05, 4.69) is 47.7 Å². The third-order valence-corrected chi connectivity index (χ3v) is 3.10. The summed E-state index contributed by atoms with van der Waals surface area (Å²) in [5.74, 6) is 0.0119. The van der Waals surface area contributed by atoms with Gasteiger partial charge in [-0.2, -0.15) is 0 Å². The van der Waals surface area contributed by atoms with Gasteiger partial charge in [0.2, 0.25) is 0 Å². The average Bonchev–Trinajstić information content (AvgIpc) is 2.16. The zero-order valence-electron chi connectivity index (χ0n) is 7.88. The van der Waals surface area contributed by atoms with E-state index in [9.17, 15) is 4.79 Å². The van der Waals surface area contributed by atoms with Crippen molar-refractivity contribution in [2.24, 2.45) is 0 Å². The smallest absolute Gasteiger partial charge is 0.127 e. The Hall–Kier alpha value is -0.380. The average molecular weight is 288 g/mol. The second kappa shape index (κ2) is 4.74. The molecule has 1 rings (SSSR count). The van der Waals surface area contributed by atoms with Crippen LogP contribution in [0.1, 0.15) is 30.9 Å². The molecule has 0 amide bonds. The van der Waals surface area contributed by atoms with E-state index in [1.165, 1.54) is 9.13 Å². The summed E-state index contributed by atoms with van der Waals surface area (Å²) in [5, 5.41) is 0. The first-order valence-electron chi connectivity index (χ1n) is 4.42. The van der Waals surface area contributed by atoms with Gasteiger partial charge in [0.25, 0.3) is 0 Å². The number of benzene rings is 1. The highest BCUT2D eigenvalue weighted by Crippen LogP contribution is 2.21. The van der Waals surface area contributed by atoms with Crippen molar-refractivity contribution in [1.82, 2.24) is 0 Å². The van der Waals surface area contributed by atoms with Crippen molar-refractivity contribution in [1.29, 1.82) is 0 Å². The molecule has 0 spiro atoms. The standard InChI is InChI=1S/C11H13IO/c1-3-9-4-5-10(8(2)7-13)11(12)6-9/h4-8H,3H2,1-2H3. The summed E-state index contributed by atoms with van der Waals surface area (Å²) in [5.41, 5.74) is 2.46. The second-order valence-electron chi connectivity index (χ2n) is 3.13. The molecule has 0 heterocycles. The molecule has 0 aliphatic carbocycles. The third-order valence-electron chi connectivity index (χ3n) is 2.17. The van der Waals surface area contributed by atoms with E-state index in [4.69, 9.17) is 0 Å². The molecule has 0 saturated carbocycles. The number of hydrogen-bond donors (Lipinski definition) is 0. The first kappa shape index (κ1) is 10.7. The van der Waals surface area contributed by atoms with E-state index in [0.29, 0.717) is 0 Å². The van der Waals surface area contributed by atoms with Gasteiger partial charge in [0, 0.05) is 9.49 Å². The monoisotopic (exact) mass is 288 g/mol. The Morgan fingerprint density at radius 3 is 2.69 bits per heavy atom. The Kier molecular flexibility index (Phi) is 3.90. The van der Waals surface area contributed by atoms with Gasteiger partial charge >= 0.3 is 0 Å². The van der Waals surface area contributed by atoms with E-state index in [-0.39, 0.29) is 5.92 Å². The van der Waals surface area contributed by atoms with Gasteiger partial charge in [-0.1, -0.05) is 26.0 Å². The molecular formula is C11H13IO. The molecule has 0 bridgehead atoms. The van der Waals surface area contributed by atoms with Crippen LogP contribution in [0.2, 0.25) is 0 Å². The molecule has 1 unspecified atom stereocenters. The van der Waals surface area contributed by atoms with Crippen molar-refractivity contribution in [3.05, 3.63) is 32.9 Å². The van der Waals surface area contributed by atoms with Crippen molar-refractivity contribution in [3.63, 3.8) is 0 Å². The van der Waals surface area contributed by atoms with E-state index >= 15 is 0 Å². The summed E-state index contributed by atoms with van der Waals surface area (Å²) in [4.78, 5) is 10.6. The number of rotatable bonds is 3. The van der Waals surface area contributed by atoms with Crippen LogP contribution in [0.4, 0.5) is 0 Å². The molecule has 0 N–H and O–H groups in total. The van der Waals surface area contributed by atoms with Crippen LogP contribution in [-0.4, -0.2) is 6.29 Å². The fourth-order valence-corrected chi connectivity index (χ4v) is 2.30. The van der Waals surface area contributed by atoms with Gasteiger partial charge in [-0.25, -0.2) is 0 Å². The van der Waals surface area contributed by atoms with Crippen molar-refractivity contribution >= 4 is 28.9 Å². The Labute approximate surface area is 92.7 Å². The zero-order chi connectivity index (χ0) is 9.84. The Morgan fingerprint density at radius 2 is 2.23 bits per heavy atom. The number of aldehydes is 1. The maximum atomic E-state index is 10.6. The largest absolute Gasteiger partial charge is 0.303 e. The second-order valence-corrected chi connectivity index (χ2v) is 4.30. The Balaban J connectivity index is 3.04. The Bertz CT molecular complexity index is 307. The van der Waals surface area contributed by atoms with Crippen molar-refractivity contribution in [2.45, 2.75) is 26.2 Å². The molecule has 0 fully saturated rings. The van der Waals surface area contributed by atoms with Gasteiger partial charge in [-0.3, -0.25) is 0 Å². The molecule has 1 nitrogen and oxygen atoms in total. The fourth-order valence-electron chi connectivity index (χ4n) is 1.23. The number of aryl methyl sites for hydroxylation is 1. The topological polar surface area (TPSA) is 17.1 Å². The minimum Gasteiger partial charge on any atom is -0.303 e. The van der Waals surface area contributed by atoms with Crippen LogP contribution in [0.25, 0.3) is 0 Å². The molecule has 1 atom stereocenters. The summed E-state index contributed by atoms with van der Waals surface area (Å²) in [7, 11) is 0. The van der Waals surface area contributed by atoms with Crippen LogP contribution < -0.4 is 0 Å². The van der Waals surface area contributed by atoms with E-state index in [0.717, 1.165) is 18.3 Å². The zero-order valence-corrected chi connectivity index (χ0v) is 10.0. The predicted octanol–water partition coefficient (Wildman–Crippen LogP) is 3.16. The molecule has 0 aliphatic heterocycles. The molecule has 0 aliphatic rings. The minimum atomic E-state index is 0.0119. The molecule has 0 saturated heterocycles. The quantitative estimate of drug-likeness (QED) is 0.617. The maximum Gasteiger partial charge on any atom is 0.127 e. The van der Waals surface area contributed by atoms with E-state index in [1.807, 2.05) is 6.92 Å². The highest BCUT2D eigenvalue weighted by atomic mass is 127. The molecule has 0 radical (unpaired) electrons. The lowest BCUT2D eigenvalue weighted by atomic mass is 10.0. The highest BCUT2D eigenvalue weighted by Gasteiger charge is 2.07. The van der Waals surface area contributed by atoms with Crippen molar-refractivity contribution in [2.75, 3.05) is 0 Å². The van der Waals surface area contributed by atoms with E-state index < -0.39 is 0 Å².